The third-order valence-electron chi connectivity index (χ3n) is 8.08. The molecule has 0 radical (unpaired) electrons. The van der Waals surface area contributed by atoms with E-state index < -0.39 is 12.1 Å². The van der Waals surface area contributed by atoms with Gasteiger partial charge in [0.2, 0.25) is 5.91 Å². The number of amides is 2. The van der Waals surface area contributed by atoms with Crippen LogP contribution < -0.4 is 5.32 Å². The Hall–Kier alpha value is -3.35. The van der Waals surface area contributed by atoms with Crippen molar-refractivity contribution in [1.29, 1.82) is 0 Å². The lowest BCUT2D eigenvalue weighted by Gasteiger charge is -2.40. The van der Waals surface area contributed by atoms with E-state index in [2.05, 4.69) is 29.6 Å². The van der Waals surface area contributed by atoms with Gasteiger partial charge in [-0.1, -0.05) is 48.5 Å². The molecule has 2 aromatic rings. The lowest BCUT2D eigenvalue weighted by Crippen LogP contribution is -2.50. The summed E-state index contributed by atoms with van der Waals surface area (Å²) in [6, 6.07) is 16.6. The average molecular weight is 477 g/mol. The largest absolute Gasteiger partial charge is 0.481 e. The predicted octanol–water partition coefficient (Wildman–Crippen LogP) is 4.26. The van der Waals surface area contributed by atoms with E-state index in [4.69, 9.17) is 9.84 Å². The Bertz CT molecular complexity index is 1090. The fourth-order valence-electron chi connectivity index (χ4n) is 6.27. The minimum atomic E-state index is -0.841. The first kappa shape index (κ1) is 23.4. The van der Waals surface area contributed by atoms with Crippen LogP contribution in [0, 0.1) is 17.8 Å². The Morgan fingerprint density at radius 2 is 1.66 bits per heavy atom. The van der Waals surface area contributed by atoms with E-state index in [1.807, 2.05) is 24.3 Å². The second-order valence-electron chi connectivity index (χ2n) is 10.2. The molecule has 3 aliphatic carbocycles. The molecular formula is C28H32N2O5. The zero-order valence-electron chi connectivity index (χ0n) is 20.0. The monoisotopic (exact) mass is 476 g/mol. The quantitative estimate of drug-likeness (QED) is 0.593. The smallest absolute Gasteiger partial charge is 0.407 e. The molecule has 2 N–H and O–H groups in total. The van der Waals surface area contributed by atoms with Crippen molar-refractivity contribution in [1.82, 2.24) is 10.2 Å². The number of nitrogens with one attached hydrogen (secondary N) is 1. The van der Waals surface area contributed by atoms with Crippen molar-refractivity contribution in [3.05, 3.63) is 59.7 Å². The number of carboxylic acids is 1. The maximum absolute atomic E-state index is 12.8. The molecule has 2 aromatic carbocycles. The van der Waals surface area contributed by atoms with E-state index in [1.54, 1.807) is 11.9 Å². The Kier molecular flexibility index (Phi) is 6.50. The number of alkyl carbamates (subject to hydrolysis) is 1. The summed E-state index contributed by atoms with van der Waals surface area (Å²) in [6.45, 7) is 0.751. The van der Waals surface area contributed by atoms with Crippen LogP contribution in [-0.4, -0.2) is 54.2 Å². The molecule has 2 amide bonds. The fourth-order valence-corrected chi connectivity index (χ4v) is 6.27. The van der Waals surface area contributed by atoms with E-state index in [0.29, 0.717) is 31.4 Å². The van der Waals surface area contributed by atoms with Crippen molar-refractivity contribution in [2.75, 3.05) is 20.2 Å². The Morgan fingerprint density at radius 3 is 2.31 bits per heavy atom. The summed E-state index contributed by atoms with van der Waals surface area (Å²) in [7, 11) is 1.75. The normalized spacial score (nSPS) is 24.0. The third-order valence-corrected chi connectivity index (χ3v) is 8.08. The molecule has 7 heteroatoms. The summed E-state index contributed by atoms with van der Waals surface area (Å²) in [6.07, 6.45) is 2.62. The van der Waals surface area contributed by atoms with Crippen molar-refractivity contribution in [2.24, 2.45) is 17.8 Å². The number of hydrogen-bond donors (Lipinski definition) is 2. The summed E-state index contributed by atoms with van der Waals surface area (Å²) in [5.74, 6) is -0.00901. The number of carbonyl (C=O) groups excluding carboxylic acids is 2. The van der Waals surface area contributed by atoms with Crippen LogP contribution in [0.3, 0.4) is 0 Å². The molecule has 0 spiro atoms. The molecule has 4 atom stereocenters. The van der Waals surface area contributed by atoms with Crippen molar-refractivity contribution >= 4 is 18.0 Å². The minimum absolute atomic E-state index is 0.0347. The zero-order chi connectivity index (χ0) is 24.5. The van der Waals surface area contributed by atoms with E-state index >= 15 is 0 Å². The highest BCUT2D eigenvalue weighted by Crippen LogP contribution is 2.50. The zero-order valence-corrected chi connectivity index (χ0v) is 20.0. The molecule has 35 heavy (non-hydrogen) atoms. The summed E-state index contributed by atoms with van der Waals surface area (Å²) < 4.78 is 5.70. The van der Waals surface area contributed by atoms with Gasteiger partial charge in [-0.15, -0.1) is 0 Å². The average Bonchev–Trinajstić information content (AvgIpc) is 3.35. The molecule has 3 aliphatic rings. The van der Waals surface area contributed by atoms with Gasteiger partial charge in [-0.25, -0.2) is 4.79 Å². The van der Waals surface area contributed by atoms with Crippen LogP contribution in [0.15, 0.2) is 48.5 Å². The van der Waals surface area contributed by atoms with Gasteiger partial charge in [0.25, 0.3) is 0 Å². The number of ether oxygens (including phenoxy) is 1. The highest BCUT2D eigenvalue weighted by Gasteiger charge is 2.50. The van der Waals surface area contributed by atoms with E-state index in [-0.39, 0.29) is 30.2 Å². The van der Waals surface area contributed by atoms with Gasteiger partial charge in [-0.3, -0.25) is 9.59 Å². The summed E-state index contributed by atoms with van der Waals surface area (Å²) in [4.78, 5) is 37.8. The molecule has 184 valence electrons. The van der Waals surface area contributed by atoms with Crippen LogP contribution in [0.1, 0.15) is 49.1 Å². The van der Waals surface area contributed by atoms with Gasteiger partial charge in [-0.05, 0) is 59.8 Å². The number of hydrogen-bond acceptors (Lipinski definition) is 4. The third kappa shape index (κ3) is 4.64. The topological polar surface area (TPSA) is 95.9 Å². The number of carboxylic acid groups (broad SMARTS) is 1. The van der Waals surface area contributed by atoms with E-state index in [1.165, 1.54) is 22.3 Å². The number of benzene rings is 2. The van der Waals surface area contributed by atoms with Crippen molar-refractivity contribution < 1.29 is 24.2 Å². The molecule has 2 fully saturated rings. The lowest BCUT2D eigenvalue weighted by atomic mass is 9.71. The van der Waals surface area contributed by atoms with Gasteiger partial charge in [0, 0.05) is 37.9 Å². The van der Waals surface area contributed by atoms with Crippen LogP contribution in [0.25, 0.3) is 11.1 Å². The molecule has 0 heterocycles. The first-order valence-electron chi connectivity index (χ1n) is 12.5. The second-order valence-corrected chi connectivity index (χ2v) is 10.2. The highest BCUT2D eigenvalue weighted by atomic mass is 16.5. The Balaban J connectivity index is 1.11. The molecule has 0 aromatic heterocycles. The van der Waals surface area contributed by atoms with Gasteiger partial charge in [-0.2, -0.15) is 0 Å². The molecule has 1 unspecified atom stereocenters. The number of aliphatic carboxylic acids is 1. The first-order chi connectivity index (χ1) is 16.9. The van der Waals surface area contributed by atoms with Gasteiger partial charge in [0.05, 0.1) is 0 Å². The maximum atomic E-state index is 12.8. The van der Waals surface area contributed by atoms with Crippen LogP contribution in [0.2, 0.25) is 0 Å². The maximum Gasteiger partial charge on any atom is 0.407 e. The number of rotatable bonds is 8. The van der Waals surface area contributed by atoms with Gasteiger partial charge >= 0.3 is 12.1 Å². The van der Waals surface area contributed by atoms with E-state index in [0.717, 1.165) is 19.3 Å². The molecule has 5 rings (SSSR count). The Labute approximate surface area is 205 Å². The minimum Gasteiger partial charge on any atom is -0.481 e. The summed E-state index contributed by atoms with van der Waals surface area (Å²) in [5.41, 5.74) is 4.78. The number of nitrogens with zero attached hydrogens (tertiary/aromatic N) is 1. The fraction of sp³-hybridized carbons (Fsp3) is 0.464. The number of carbonyl (C=O) groups is 3. The van der Waals surface area contributed by atoms with Crippen molar-refractivity contribution in [3.8, 4) is 11.1 Å². The highest BCUT2D eigenvalue weighted by molar-refractivity contribution is 5.80. The van der Waals surface area contributed by atoms with Crippen LogP contribution in [0.4, 0.5) is 4.79 Å². The van der Waals surface area contributed by atoms with Gasteiger partial charge in [0.1, 0.15) is 6.61 Å². The molecule has 0 bridgehead atoms. The predicted molar refractivity (Wildman–Crippen MR) is 131 cm³/mol. The molecule has 7 nitrogen and oxygen atoms in total. The lowest BCUT2D eigenvalue weighted by molar-refractivity contribution is -0.138. The molecule has 2 saturated carbocycles. The Morgan fingerprint density at radius 1 is 1.00 bits per heavy atom. The molecular weight excluding hydrogens is 444 g/mol. The summed E-state index contributed by atoms with van der Waals surface area (Å²) in [5, 5.41) is 11.8. The SMILES string of the molecule is CN(CCCC(=O)O)C(=O)C1C[C@@H]2C[C@H](NC(=O)OCC3c4ccccc4-c4ccccc43)[C@@H]2C1. The van der Waals surface area contributed by atoms with E-state index in [9.17, 15) is 14.4 Å². The molecule has 0 saturated heterocycles. The van der Waals surface area contributed by atoms with Crippen molar-refractivity contribution in [2.45, 2.75) is 44.1 Å². The van der Waals surface area contributed by atoms with Crippen LogP contribution in [0.5, 0.6) is 0 Å². The molecule has 0 aliphatic heterocycles. The van der Waals surface area contributed by atoms with Gasteiger partial charge < -0.3 is 20.1 Å². The second kappa shape index (κ2) is 9.72. The summed E-state index contributed by atoms with van der Waals surface area (Å²) >= 11 is 0. The van der Waals surface area contributed by atoms with Gasteiger partial charge in [0.15, 0.2) is 0 Å². The number of fused-ring (bicyclic) bond motifs is 4. The standard InChI is InChI=1S/C28H32N2O5/c1-30(12-6-11-26(31)32)27(33)18-13-17-15-25(23(17)14-18)29-28(34)35-16-24-21-9-4-2-7-19(21)20-8-3-5-10-22(20)24/h2-5,7-10,17-18,23-25H,6,11-16H2,1H3,(H,29,34)(H,31,32)/t17-,18?,23-,25+/m1/s1. The van der Waals surface area contributed by atoms with Crippen LogP contribution in [-0.2, 0) is 14.3 Å². The first-order valence-corrected chi connectivity index (χ1v) is 12.5. The van der Waals surface area contributed by atoms with Crippen LogP contribution >= 0.6 is 0 Å². The van der Waals surface area contributed by atoms with Crippen molar-refractivity contribution in [3.63, 3.8) is 0 Å².